The summed E-state index contributed by atoms with van der Waals surface area (Å²) in [5.74, 6) is 0. The Morgan fingerprint density at radius 3 is 3.00 bits per heavy atom. The van der Waals surface area contributed by atoms with E-state index in [1.54, 1.807) is 5.38 Å². The molecule has 0 saturated carbocycles. The minimum absolute atomic E-state index is 0.0154. The number of rotatable bonds is 5. The summed E-state index contributed by atoms with van der Waals surface area (Å²) in [6.07, 6.45) is 1.90. The van der Waals surface area contributed by atoms with E-state index in [4.69, 9.17) is 5.11 Å². The maximum absolute atomic E-state index is 12.2. The standard InChI is InChI=1S/C12H20N2O3S2/c1-2-14-5-3-4-11(7-14)13-19(16,17)12-6-10(8-15)9-18-12/h6,9,11,13,15H,2-5,7-8H2,1H3. The van der Waals surface area contributed by atoms with Crippen molar-refractivity contribution in [2.75, 3.05) is 19.6 Å². The SMILES string of the molecule is CCN1CCCC(NS(=O)(=O)c2cc(CO)cs2)C1. The Morgan fingerprint density at radius 1 is 1.58 bits per heavy atom. The fraction of sp³-hybridized carbons (Fsp3) is 0.667. The Balaban J connectivity index is 2.04. The van der Waals surface area contributed by atoms with Gasteiger partial charge in [0.1, 0.15) is 4.21 Å². The number of piperidine rings is 1. The van der Waals surface area contributed by atoms with E-state index in [9.17, 15) is 8.42 Å². The highest BCUT2D eigenvalue weighted by atomic mass is 32.2. The fourth-order valence-corrected chi connectivity index (χ4v) is 4.77. The summed E-state index contributed by atoms with van der Waals surface area (Å²) in [6.45, 7) is 4.73. The van der Waals surface area contributed by atoms with Crippen molar-refractivity contribution in [2.45, 2.75) is 36.6 Å². The van der Waals surface area contributed by atoms with Gasteiger partial charge in [0.15, 0.2) is 0 Å². The molecular formula is C12H20N2O3S2. The highest BCUT2D eigenvalue weighted by Gasteiger charge is 2.25. The predicted octanol–water partition coefficient (Wildman–Crippen LogP) is 1.00. The first kappa shape index (κ1) is 14.9. The number of aliphatic hydroxyl groups is 1. The monoisotopic (exact) mass is 304 g/mol. The zero-order chi connectivity index (χ0) is 13.9. The highest BCUT2D eigenvalue weighted by molar-refractivity contribution is 7.91. The van der Waals surface area contributed by atoms with Gasteiger partial charge in [-0.1, -0.05) is 6.92 Å². The van der Waals surface area contributed by atoms with Crippen LogP contribution >= 0.6 is 11.3 Å². The van der Waals surface area contributed by atoms with E-state index in [1.807, 2.05) is 0 Å². The zero-order valence-electron chi connectivity index (χ0n) is 11.0. The minimum Gasteiger partial charge on any atom is -0.392 e. The molecule has 108 valence electrons. The number of thiophene rings is 1. The molecule has 5 nitrogen and oxygen atoms in total. The van der Waals surface area contributed by atoms with Crippen molar-refractivity contribution in [1.82, 2.24) is 9.62 Å². The van der Waals surface area contributed by atoms with Crippen LogP contribution in [0.4, 0.5) is 0 Å². The van der Waals surface area contributed by atoms with Gasteiger partial charge in [-0.2, -0.15) is 0 Å². The van der Waals surface area contributed by atoms with Crippen LogP contribution in [0, 0.1) is 0 Å². The van der Waals surface area contributed by atoms with Crippen LogP contribution in [0.15, 0.2) is 15.7 Å². The van der Waals surface area contributed by atoms with E-state index in [1.165, 1.54) is 6.07 Å². The van der Waals surface area contributed by atoms with Gasteiger partial charge in [-0.25, -0.2) is 13.1 Å². The van der Waals surface area contributed by atoms with Gasteiger partial charge in [-0.3, -0.25) is 0 Å². The van der Waals surface area contributed by atoms with Crippen LogP contribution in [-0.2, 0) is 16.6 Å². The Morgan fingerprint density at radius 2 is 2.37 bits per heavy atom. The maximum Gasteiger partial charge on any atom is 0.250 e. The summed E-state index contributed by atoms with van der Waals surface area (Å²) in [7, 11) is -3.45. The molecule has 1 aliphatic heterocycles. The molecule has 7 heteroatoms. The number of likely N-dealkylation sites (N-methyl/N-ethyl adjacent to an activating group) is 1. The molecule has 1 aromatic heterocycles. The largest absolute Gasteiger partial charge is 0.392 e. The first-order valence-electron chi connectivity index (χ1n) is 6.48. The van der Waals surface area contributed by atoms with Crippen molar-refractivity contribution in [2.24, 2.45) is 0 Å². The van der Waals surface area contributed by atoms with Crippen molar-refractivity contribution in [1.29, 1.82) is 0 Å². The molecule has 1 unspecified atom stereocenters. The van der Waals surface area contributed by atoms with E-state index in [0.717, 1.165) is 43.8 Å². The second-order valence-corrected chi connectivity index (χ2v) is 7.64. The molecular weight excluding hydrogens is 284 g/mol. The van der Waals surface area contributed by atoms with E-state index in [0.29, 0.717) is 5.56 Å². The molecule has 1 saturated heterocycles. The third-order valence-corrected chi connectivity index (χ3v) is 6.36. The van der Waals surface area contributed by atoms with Gasteiger partial charge in [-0.05, 0) is 42.9 Å². The molecule has 0 aliphatic carbocycles. The number of hydrogen-bond donors (Lipinski definition) is 2. The topological polar surface area (TPSA) is 69.6 Å². The van der Waals surface area contributed by atoms with Crippen LogP contribution < -0.4 is 4.72 Å². The molecule has 1 fully saturated rings. The number of hydrogen-bond acceptors (Lipinski definition) is 5. The van der Waals surface area contributed by atoms with E-state index in [2.05, 4.69) is 16.5 Å². The number of aliphatic hydroxyl groups excluding tert-OH is 1. The van der Waals surface area contributed by atoms with E-state index in [-0.39, 0.29) is 16.9 Å². The third kappa shape index (κ3) is 3.76. The van der Waals surface area contributed by atoms with Crippen LogP contribution in [0.3, 0.4) is 0 Å². The summed E-state index contributed by atoms with van der Waals surface area (Å²) >= 11 is 1.15. The fourth-order valence-electron chi connectivity index (χ4n) is 2.29. The van der Waals surface area contributed by atoms with Crippen molar-refractivity contribution < 1.29 is 13.5 Å². The lowest BCUT2D eigenvalue weighted by atomic mass is 10.1. The first-order chi connectivity index (χ1) is 9.05. The van der Waals surface area contributed by atoms with Gasteiger partial charge in [0.25, 0.3) is 0 Å². The number of nitrogens with zero attached hydrogens (tertiary/aromatic N) is 1. The smallest absolute Gasteiger partial charge is 0.250 e. The van der Waals surface area contributed by atoms with Crippen molar-refractivity contribution in [3.8, 4) is 0 Å². The lowest BCUT2D eigenvalue weighted by molar-refractivity contribution is 0.211. The second kappa shape index (κ2) is 6.32. The van der Waals surface area contributed by atoms with Gasteiger partial charge < -0.3 is 10.0 Å². The molecule has 2 heterocycles. The predicted molar refractivity (Wildman–Crippen MR) is 75.7 cm³/mol. The van der Waals surface area contributed by atoms with Crippen molar-refractivity contribution in [3.05, 3.63) is 17.0 Å². The van der Waals surface area contributed by atoms with E-state index >= 15 is 0 Å². The molecule has 0 spiro atoms. The molecule has 2 N–H and O–H groups in total. The molecule has 1 aromatic rings. The Bertz CT molecular complexity index is 513. The summed E-state index contributed by atoms with van der Waals surface area (Å²) in [6, 6.07) is 1.52. The molecule has 2 rings (SSSR count). The number of likely N-dealkylation sites (tertiary alicyclic amines) is 1. The van der Waals surface area contributed by atoms with Gasteiger partial charge in [0.05, 0.1) is 6.61 Å². The van der Waals surface area contributed by atoms with Crippen LogP contribution in [0.1, 0.15) is 25.3 Å². The first-order valence-corrected chi connectivity index (χ1v) is 8.84. The average Bonchev–Trinajstić information content (AvgIpc) is 2.88. The average molecular weight is 304 g/mol. The Kier molecular flexibility index (Phi) is 4.97. The number of sulfonamides is 1. The third-order valence-electron chi connectivity index (χ3n) is 3.35. The lowest BCUT2D eigenvalue weighted by Crippen LogP contribution is -2.47. The van der Waals surface area contributed by atoms with Gasteiger partial charge in [0, 0.05) is 12.6 Å². The minimum atomic E-state index is -3.45. The van der Waals surface area contributed by atoms with Crippen LogP contribution in [-0.4, -0.2) is 44.1 Å². The molecule has 0 aromatic carbocycles. The van der Waals surface area contributed by atoms with Gasteiger partial charge >= 0.3 is 0 Å². The summed E-state index contributed by atoms with van der Waals surface area (Å²) in [4.78, 5) is 2.25. The quantitative estimate of drug-likeness (QED) is 0.851. The lowest BCUT2D eigenvalue weighted by Gasteiger charge is -2.31. The molecule has 19 heavy (non-hydrogen) atoms. The molecule has 0 bridgehead atoms. The Hall–Kier alpha value is -0.470. The van der Waals surface area contributed by atoms with E-state index < -0.39 is 10.0 Å². The Labute approximate surface area is 118 Å². The van der Waals surface area contributed by atoms with Crippen molar-refractivity contribution in [3.63, 3.8) is 0 Å². The van der Waals surface area contributed by atoms with Gasteiger partial charge in [0.2, 0.25) is 10.0 Å². The summed E-state index contributed by atoms with van der Waals surface area (Å²) in [5, 5.41) is 10.7. The summed E-state index contributed by atoms with van der Waals surface area (Å²) < 4.78 is 27.5. The maximum atomic E-state index is 12.2. The summed E-state index contributed by atoms with van der Waals surface area (Å²) in [5.41, 5.74) is 0.643. The zero-order valence-corrected chi connectivity index (χ0v) is 12.6. The number of nitrogens with one attached hydrogen (secondary N) is 1. The molecule has 1 atom stereocenters. The van der Waals surface area contributed by atoms with Crippen molar-refractivity contribution >= 4 is 21.4 Å². The van der Waals surface area contributed by atoms with Crippen LogP contribution in [0.25, 0.3) is 0 Å². The molecule has 0 radical (unpaired) electrons. The normalized spacial score (nSPS) is 21.7. The van der Waals surface area contributed by atoms with Gasteiger partial charge in [-0.15, -0.1) is 11.3 Å². The molecule has 0 amide bonds. The highest BCUT2D eigenvalue weighted by Crippen LogP contribution is 2.21. The van der Waals surface area contributed by atoms with Crippen LogP contribution in [0.5, 0.6) is 0 Å². The second-order valence-electron chi connectivity index (χ2n) is 4.79. The van der Waals surface area contributed by atoms with Crippen LogP contribution in [0.2, 0.25) is 0 Å². The molecule has 1 aliphatic rings.